The van der Waals surface area contributed by atoms with E-state index in [9.17, 15) is 4.79 Å². The van der Waals surface area contributed by atoms with Crippen LogP contribution in [0, 0.1) is 0 Å². The summed E-state index contributed by atoms with van der Waals surface area (Å²) in [7, 11) is 4.21. The lowest BCUT2D eigenvalue weighted by Crippen LogP contribution is -2.33. The molecule has 0 unspecified atom stereocenters. The molecule has 0 saturated carbocycles. The van der Waals surface area contributed by atoms with E-state index in [4.69, 9.17) is 5.84 Å². The van der Waals surface area contributed by atoms with Crippen molar-refractivity contribution in [1.29, 1.82) is 0 Å². The minimum absolute atomic E-state index is 0.0620. The first-order valence-electron chi connectivity index (χ1n) is 6.96. The fourth-order valence-electron chi connectivity index (χ4n) is 1.86. The summed E-state index contributed by atoms with van der Waals surface area (Å²) >= 11 is 0. The van der Waals surface area contributed by atoms with Gasteiger partial charge in [-0.2, -0.15) is 0 Å². The van der Waals surface area contributed by atoms with Gasteiger partial charge in [0.1, 0.15) is 0 Å². The molecular formula is C13H30N4O. The molecule has 5 heteroatoms. The van der Waals surface area contributed by atoms with Gasteiger partial charge < -0.3 is 9.80 Å². The third kappa shape index (κ3) is 10.5. The van der Waals surface area contributed by atoms with E-state index in [0.29, 0.717) is 6.42 Å². The number of amides is 1. The second-order valence-corrected chi connectivity index (χ2v) is 5.02. The number of carbonyl (C=O) groups excluding carboxylic acids is 1. The molecule has 18 heavy (non-hydrogen) atoms. The molecule has 0 atom stereocenters. The Morgan fingerprint density at radius 3 is 2.33 bits per heavy atom. The van der Waals surface area contributed by atoms with Crippen LogP contribution in [0.1, 0.15) is 39.0 Å². The first-order chi connectivity index (χ1) is 8.60. The number of nitrogens with two attached hydrogens (primary N) is 1. The number of nitrogens with one attached hydrogen (secondary N) is 1. The maximum absolute atomic E-state index is 10.9. The van der Waals surface area contributed by atoms with Gasteiger partial charge in [-0.05, 0) is 46.4 Å². The SMILES string of the molecule is CCCN(CCCCCC(=O)NN)CCN(C)C. The number of unbranched alkanes of at least 4 members (excludes halogenated alkanes) is 2. The van der Waals surface area contributed by atoms with Gasteiger partial charge in [-0.15, -0.1) is 0 Å². The zero-order valence-corrected chi connectivity index (χ0v) is 12.2. The average molecular weight is 258 g/mol. The summed E-state index contributed by atoms with van der Waals surface area (Å²) in [6.45, 7) is 6.75. The van der Waals surface area contributed by atoms with Crippen LogP contribution in [0.4, 0.5) is 0 Å². The minimum atomic E-state index is -0.0620. The van der Waals surface area contributed by atoms with Gasteiger partial charge >= 0.3 is 0 Å². The van der Waals surface area contributed by atoms with E-state index < -0.39 is 0 Å². The molecule has 0 aromatic heterocycles. The van der Waals surface area contributed by atoms with E-state index in [1.807, 2.05) is 0 Å². The molecule has 0 spiro atoms. The van der Waals surface area contributed by atoms with Crippen molar-refractivity contribution in [2.75, 3.05) is 40.3 Å². The van der Waals surface area contributed by atoms with Crippen LogP contribution in [0.2, 0.25) is 0 Å². The molecule has 0 fully saturated rings. The van der Waals surface area contributed by atoms with Crippen molar-refractivity contribution in [3.05, 3.63) is 0 Å². The Kier molecular flexibility index (Phi) is 11.0. The molecule has 0 bridgehead atoms. The third-order valence-electron chi connectivity index (χ3n) is 2.94. The van der Waals surface area contributed by atoms with Gasteiger partial charge in [0.05, 0.1) is 0 Å². The fraction of sp³-hybridized carbons (Fsp3) is 0.923. The molecule has 0 aliphatic rings. The Hall–Kier alpha value is -0.650. The van der Waals surface area contributed by atoms with Crippen LogP contribution >= 0.6 is 0 Å². The Morgan fingerprint density at radius 2 is 1.78 bits per heavy atom. The summed E-state index contributed by atoms with van der Waals surface area (Å²) in [6, 6.07) is 0. The number of hydrazine groups is 1. The van der Waals surface area contributed by atoms with Gasteiger partial charge in [0.15, 0.2) is 0 Å². The standard InChI is InChI=1S/C13H30N4O/c1-4-9-17(12-11-16(2)3)10-7-5-6-8-13(18)15-14/h4-12,14H2,1-3H3,(H,15,18). The van der Waals surface area contributed by atoms with Crippen molar-refractivity contribution in [1.82, 2.24) is 15.2 Å². The first-order valence-corrected chi connectivity index (χ1v) is 6.96. The molecule has 0 aliphatic heterocycles. The summed E-state index contributed by atoms with van der Waals surface area (Å²) in [6.07, 6.45) is 4.92. The van der Waals surface area contributed by atoms with Crippen LogP contribution in [0.15, 0.2) is 0 Å². The van der Waals surface area contributed by atoms with Crippen molar-refractivity contribution in [3.63, 3.8) is 0 Å². The fourth-order valence-corrected chi connectivity index (χ4v) is 1.86. The highest BCUT2D eigenvalue weighted by atomic mass is 16.2. The molecule has 0 heterocycles. The summed E-state index contributed by atoms with van der Waals surface area (Å²) < 4.78 is 0. The van der Waals surface area contributed by atoms with Crippen LogP contribution in [0.5, 0.6) is 0 Å². The Morgan fingerprint density at radius 1 is 1.06 bits per heavy atom. The van der Waals surface area contributed by atoms with Gasteiger partial charge in [0, 0.05) is 19.5 Å². The smallest absolute Gasteiger partial charge is 0.233 e. The highest BCUT2D eigenvalue weighted by Gasteiger charge is 2.04. The lowest BCUT2D eigenvalue weighted by Gasteiger charge is -2.23. The van der Waals surface area contributed by atoms with Gasteiger partial charge in [0.25, 0.3) is 0 Å². The highest BCUT2D eigenvalue weighted by molar-refractivity contribution is 5.74. The van der Waals surface area contributed by atoms with E-state index in [2.05, 4.69) is 36.2 Å². The van der Waals surface area contributed by atoms with E-state index in [0.717, 1.165) is 45.4 Å². The van der Waals surface area contributed by atoms with E-state index in [1.54, 1.807) is 0 Å². The average Bonchev–Trinajstić information content (AvgIpc) is 2.34. The molecule has 0 aliphatic carbocycles. The molecule has 1 amide bonds. The zero-order chi connectivity index (χ0) is 13.8. The number of carbonyl (C=O) groups is 1. The predicted octanol–water partition coefficient (Wildman–Crippen LogP) is 0.810. The second-order valence-electron chi connectivity index (χ2n) is 5.02. The largest absolute Gasteiger partial charge is 0.308 e. The number of likely N-dealkylation sites (N-methyl/N-ethyl adjacent to an activating group) is 1. The summed E-state index contributed by atoms with van der Waals surface area (Å²) in [4.78, 5) is 15.7. The maximum atomic E-state index is 10.9. The molecule has 0 aromatic carbocycles. The monoisotopic (exact) mass is 258 g/mol. The van der Waals surface area contributed by atoms with Gasteiger partial charge in [-0.3, -0.25) is 10.2 Å². The van der Waals surface area contributed by atoms with Crippen LogP contribution in [0.25, 0.3) is 0 Å². The molecule has 0 saturated heterocycles. The van der Waals surface area contributed by atoms with Gasteiger partial charge in [0.2, 0.25) is 5.91 Å². The lowest BCUT2D eigenvalue weighted by atomic mass is 10.2. The zero-order valence-electron chi connectivity index (χ0n) is 12.2. The summed E-state index contributed by atoms with van der Waals surface area (Å²) in [5.41, 5.74) is 2.16. The first kappa shape index (κ1) is 17.4. The van der Waals surface area contributed by atoms with Crippen molar-refractivity contribution < 1.29 is 4.79 Å². The van der Waals surface area contributed by atoms with E-state index >= 15 is 0 Å². The molecular weight excluding hydrogens is 228 g/mol. The second kappa shape index (κ2) is 11.4. The third-order valence-corrected chi connectivity index (χ3v) is 2.94. The maximum Gasteiger partial charge on any atom is 0.233 e. The molecule has 0 aromatic rings. The number of hydrogen-bond acceptors (Lipinski definition) is 4. The Labute approximate surface area is 112 Å². The molecule has 108 valence electrons. The summed E-state index contributed by atoms with van der Waals surface area (Å²) in [5, 5.41) is 0. The quantitative estimate of drug-likeness (QED) is 0.249. The Balaban J connectivity index is 3.59. The van der Waals surface area contributed by atoms with Gasteiger partial charge in [-0.1, -0.05) is 13.3 Å². The molecule has 5 nitrogen and oxygen atoms in total. The minimum Gasteiger partial charge on any atom is -0.308 e. The van der Waals surface area contributed by atoms with Crippen LogP contribution in [-0.2, 0) is 4.79 Å². The molecule has 3 N–H and O–H groups in total. The topological polar surface area (TPSA) is 61.6 Å². The lowest BCUT2D eigenvalue weighted by molar-refractivity contribution is -0.121. The van der Waals surface area contributed by atoms with Crippen molar-refractivity contribution in [3.8, 4) is 0 Å². The molecule has 0 radical (unpaired) electrons. The van der Waals surface area contributed by atoms with Crippen molar-refractivity contribution in [2.24, 2.45) is 5.84 Å². The Bertz CT molecular complexity index is 209. The van der Waals surface area contributed by atoms with Crippen molar-refractivity contribution in [2.45, 2.75) is 39.0 Å². The van der Waals surface area contributed by atoms with E-state index in [1.165, 1.54) is 6.42 Å². The highest BCUT2D eigenvalue weighted by Crippen LogP contribution is 2.02. The normalized spacial score (nSPS) is 11.2. The van der Waals surface area contributed by atoms with Crippen LogP contribution in [0.3, 0.4) is 0 Å². The van der Waals surface area contributed by atoms with Crippen LogP contribution < -0.4 is 11.3 Å². The summed E-state index contributed by atoms with van der Waals surface area (Å²) in [5.74, 6) is 4.97. The van der Waals surface area contributed by atoms with Crippen molar-refractivity contribution >= 4 is 5.91 Å². The predicted molar refractivity (Wildman–Crippen MR) is 76.1 cm³/mol. The molecule has 0 rings (SSSR count). The number of hydrogen-bond donors (Lipinski definition) is 2. The number of nitrogens with zero attached hydrogens (tertiary/aromatic N) is 2. The van der Waals surface area contributed by atoms with E-state index in [-0.39, 0.29) is 5.91 Å². The van der Waals surface area contributed by atoms with Gasteiger partial charge in [-0.25, -0.2) is 5.84 Å². The van der Waals surface area contributed by atoms with Crippen LogP contribution in [-0.4, -0.2) is 56.0 Å². The number of rotatable bonds is 11.